The Labute approximate surface area is 244 Å². The fraction of sp³-hybridized carbons (Fsp3) is 0.300. The molecule has 1 aromatic heterocycles. The molecule has 0 amide bonds. The van der Waals surface area contributed by atoms with Gasteiger partial charge < -0.3 is 19.5 Å². The molecule has 1 heterocycles. The lowest BCUT2D eigenvalue weighted by molar-refractivity contribution is 0.352. The summed E-state index contributed by atoms with van der Waals surface area (Å²) in [6, 6.07) is 20.0. The van der Waals surface area contributed by atoms with E-state index in [4.69, 9.17) is 14.2 Å². The lowest BCUT2D eigenvalue weighted by Gasteiger charge is -2.24. The molecule has 8 nitrogen and oxygen atoms in total. The van der Waals surface area contributed by atoms with Crippen molar-refractivity contribution < 1.29 is 22.6 Å². The number of rotatable bonds is 13. The highest BCUT2D eigenvalue weighted by atomic mass is 79.9. The first-order valence-corrected chi connectivity index (χ1v) is 15.1. The first-order chi connectivity index (χ1) is 19.2. The smallest absolute Gasteiger partial charge is 0.243 e. The van der Waals surface area contributed by atoms with E-state index in [2.05, 4.69) is 33.2 Å². The maximum Gasteiger partial charge on any atom is 0.243 e. The second-order valence-corrected chi connectivity index (χ2v) is 12.3. The fourth-order valence-electron chi connectivity index (χ4n) is 4.53. The van der Waals surface area contributed by atoms with Crippen molar-refractivity contribution in [2.24, 2.45) is 0 Å². The van der Waals surface area contributed by atoms with Gasteiger partial charge in [0, 0.05) is 41.3 Å². The third-order valence-electron chi connectivity index (χ3n) is 6.62. The molecule has 0 radical (unpaired) electrons. The van der Waals surface area contributed by atoms with Crippen molar-refractivity contribution in [2.45, 2.75) is 37.2 Å². The zero-order valence-corrected chi connectivity index (χ0v) is 25.5. The summed E-state index contributed by atoms with van der Waals surface area (Å²) in [6.45, 7) is 2.62. The van der Waals surface area contributed by atoms with Crippen molar-refractivity contribution >= 4 is 42.5 Å². The second-order valence-electron chi connectivity index (χ2n) is 9.42. The summed E-state index contributed by atoms with van der Waals surface area (Å²) in [5.41, 5.74) is 2.55. The van der Waals surface area contributed by atoms with E-state index < -0.39 is 10.0 Å². The van der Waals surface area contributed by atoms with Gasteiger partial charge in [-0.25, -0.2) is 8.42 Å². The van der Waals surface area contributed by atoms with Crippen LogP contribution in [0, 0.1) is 0 Å². The molecule has 0 saturated carbocycles. The average molecular weight is 629 g/mol. The number of nitrogens with one attached hydrogen (secondary N) is 1. The number of hydrogen-bond donors (Lipinski definition) is 1. The molecule has 0 aliphatic heterocycles. The van der Waals surface area contributed by atoms with Crippen LogP contribution in [0.3, 0.4) is 0 Å². The molecule has 4 aromatic rings. The highest BCUT2D eigenvalue weighted by molar-refractivity contribution is 9.10. The van der Waals surface area contributed by atoms with Gasteiger partial charge in [-0.05, 0) is 73.9 Å². The normalized spacial score (nSPS) is 12.3. The molecule has 1 atom stereocenters. The van der Waals surface area contributed by atoms with Gasteiger partial charge in [-0.2, -0.15) is 4.31 Å². The topological polar surface area (TPSA) is 90.0 Å². The minimum Gasteiger partial charge on any atom is -0.497 e. The first kappa shape index (κ1) is 29.6. The van der Waals surface area contributed by atoms with Crippen molar-refractivity contribution in [1.82, 2.24) is 9.29 Å². The number of anilines is 1. The van der Waals surface area contributed by atoms with Gasteiger partial charge in [0.2, 0.25) is 10.0 Å². The van der Waals surface area contributed by atoms with Gasteiger partial charge in [0.25, 0.3) is 0 Å². The van der Waals surface area contributed by atoms with Gasteiger partial charge in [-0.1, -0.05) is 28.1 Å². The number of nitrogens with zero attached hydrogens (tertiary/aromatic N) is 2. The molecule has 1 N–H and O–H groups in total. The van der Waals surface area contributed by atoms with Gasteiger partial charge >= 0.3 is 0 Å². The van der Waals surface area contributed by atoms with Gasteiger partial charge in [0.05, 0.1) is 37.4 Å². The Hall–Kier alpha value is -3.34. The summed E-state index contributed by atoms with van der Waals surface area (Å²) in [6.07, 6.45) is 3.15. The monoisotopic (exact) mass is 627 g/mol. The Morgan fingerprint density at radius 2 is 1.70 bits per heavy atom. The summed E-state index contributed by atoms with van der Waals surface area (Å²) in [7, 11) is 1.02. The number of ether oxygens (including phenoxy) is 3. The molecule has 0 spiro atoms. The standard InChI is InChI=1S/C30H34BrN3O5S/c1-21(33-27-19-25(37-2)18-23-8-5-15-32-30(23)27)7-6-16-34(40(35,36)26-12-10-24(31)11-13-26)20-22-9-14-28(38-3)29(17-22)39-4/h5,8-15,17-19,21,33H,6-7,16,20H2,1-4H3. The molecule has 0 bridgehead atoms. The molecular weight excluding hydrogens is 594 g/mol. The first-order valence-electron chi connectivity index (χ1n) is 12.9. The van der Waals surface area contributed by atoms with Crippen molar-refractivity contribution in [2.75, 3.05) is 33.2 Å². The largest absolute Gasteiger partial charge is 0.497 e. The number of halogens is 1. The van der Waals surface area contributed by atoms with E-state index in [0.29, 0.717) is 24.5 Å². The van der Waals surface area contributed by atoms with Crippen LogP contribution in [0.5, 0.6) is 17.2 Å². The van der Waals surface area contributed by atoms with Crippen LogP contribution in [0.15, 0.2) is 82.3 Å². The quantitative estimate of drug-likeness (QED) is 0.181. The third kappa shape index (κ3) is 7.04. The number of methoxy groups -OCH3 is 3. The molecule has 0 fully saturated rings. The Morgan fingerprint density at radius 1 is 0.950 bits per heavy atom. The predicted octanol–water partition coefficient (Wildman–Crippen LogP) is 6.49. The van der Waals surface area contributed by atoms with Crippen LogP contribution in [0.4, 0.5) is 5.69 Å². The van der Waals surface area contributed by atoms with Gasteiger partial charge in [-0.15, -0.1) is 0 Å². The molecule has 1 unspecified atom stereocenters. The van der Waals surface area contributed by atoms with Crippen molar-refractivity contribution in [1.29, 1.82) is 0 Å². The summed E-state index contributed by atoms with van der Waals surface area (Å²) in [4.78, 5) is 4.78. The average Bonchev–Trinajstić information content (AvgIpc) is 2.96. The van der Waals surface area contributed by atoms with E-state index in [1.165, 1.54) is 4.31 Å². The molecule has 3 aromatic carbocycles. The fourth-order valence-corrected chi connectivity index (χ4v) is 6.26. The molecule has 40 heavy (non-hydrogen) atoms. The van der Waals surface area contributed by atoms with Crippen LogP contribution in [0.25, 0.3) is 10.9 Å². The molecule has 0 aliphatic carbocycles. The van der Waals surface area contributed by atoms with Crippen molar-refractivity contribution in [3.63, 3.8) is 0 Å². The van der Waals surface area contributed by atoms with Gasteiger partial charge in [-0.3, -0.25) is 4.98 Å². The van der Waals surface area contributed by atoms with Crippen molar-refractivity contribution in [3.8, 4) is 17.2 Å². The van der Waals surface area contributed by atoms with Crippen LogP contribution in [0.2, 0.25) is 0 Å². The lowest BCUT2D eigenvalue weighted by Crippen LogP contribution is -2.32. The Kier molecular flexibility index (Phi) is 9.89. The van der Waals surface area contributed by atoms with E-state index in [-0.39, 0.29) is 17.5 Å². The number of benzene rings is 3. The van der Waals surface area contributed by atoms with Crippen molar-refractivity contribution in [3.05, 3.63) is 83.0 Å². The minimum atomic E-state index is -3.75. The Bertz CT molecular complexity index is 1550. The third-order valence-corrected chi connectivity index (χ3v) is 9.01. The molecule has 212 valence electrons. The van der Waals surface area contributed by atoms with E-state index in [1.807, 2.05) is 36.4 Å². The van der Waals surface area contributed by atoms with Crippen LogP contribution in [-0.2, 0) is 16.6 Å². The van der Waals surface area contributed by atoms with Gasteiger partial charge in [0.15, 0.2) is 11.5 Å². The maximum absolute atomic E-state index is 13.7. The van der Waals surface area contributed by atoms with Crippen LogP contribution in [-0.4, -0.2) is 51.6 Å². The van der Waals surface area contributed by atoms with Gasteiger partial charge in [0.1, 0.15) is 5.75 Å². The number of fused-ring (bicyclic) bond motifs is 1. The number of aromatic nitrogens is 1. The SMILES string of the molecule is COc1cc(NC(C)CCCN(Cc2ccc(OC)c(OC)c2)S(=O)(=O)c2ccc(Br)cc2)c2ncccc2c1. The summed E-state index contributed by atoms with van der Waals surface area (Å²) in [5.74, 6) is 1.89. The summed E-state index contributed by atoms with van der Waals surface area (Å²) in [5, 5.41) is 4.53. The summed E-state index contributed by atoms with van der Waals surface area (Å²) >= 11 is 3.39. The predicted molar refractivity (Wildman–Crippen MR) is 162 cm³/mol. The highest BCUT2D eigenvalue weighted by Crippen LogP contribution is 2.30. The number of sulfonamides is 1. The zero-order valence-electron chi connectivity index (χ0n) is 23.1. The molecule has 0 aliphatic rings. The zero-order chi connectivity index (χ0) is 28.7. The minimum absolute atomic E-state index is 0.0654. The van der Waals surface area contributed by atoms with Crippen LogP contribution in [0.1, 0.15) is 25.3 Å². The van der Waals surface area contributed by atoms with E-state index >= 15 is 0 Å². The van der Waals surface area contributed by atoms with Crippen LogP contribution >= 0.6 is 15.9 Å². The highest BCUT2D eigenvalue weighted by Gasteiger charge is 2.25. The molecular formula is C30H34BrN3O5S. The molecule has 0 saturated heterocycles. The van der Waals surface area contributed by atoms with E-state index in [9.17, 15) is 8.42 Å². The van der Waals surface area contributed by atoms with E-state index in [0.717, 1.165) is 38.8 Å². The number of pyridine rings is 1. The lowest BCUT2D eigenvalue weighted by atomic mass is 10.1. The molecule has 4 rings (SSSR count). The maximum atomic E-state index is 13.7. The Morgan fingerprint density at radius 3 is 2.40 bits per heavy atom. The Balaban J connectivity index is 1.52. The van der Waals surface area contributed by atoms with Crippen LogP contribution < -0.4 is 19.5 Å². The molecule has 10 heteroatoms. The number of hydrogen-bond acceptors (Lipinski definition) is 7. The van der Waals surface area contributed by atoms with E-state index in [1.54, 1.807) is 57.9 Å². The second kappa shape index (κ2) is 13.3. The summed E-state index contributed by atoms with van der Waals surface area (Å²) < 4.78 is 46.0.